The molecule has 1 aliphatic heterocycles. The molecule has 1 amide bonds. The van der Waals surface area contributed by atoms with Gasteiger partial charge in [-0.1, -0.05) is 20.8 Å². The summed E-state index contributed by atoms with van der Waals surface area (Å²) in [6.07, 6.45) is 0.703. The van der Waals surface area contributed by atoms with Crippen molar-refractivity contribution in [3.63, 3.8) is 0 Å². The van der Waals surface area contributed by atoms with Crippen molar-refractivity contribution in [2.75, 3.05) is 6.54 Å². The van der Waals surface area contributed by atoms with Gasteiger partial charge < -0.3 is 15.5 Å². The lowest BCUT2D eigenvalue weighted by Crippen LogP contribution is -2.58. The third-order valence-corrected chi connectivity index (χ3v) is 8.19. The first kappa shape index (κ1) is 13.7. The molecular formula is C11H24N2O2Si. The van der Waals surface area contributed by atoms with Gasteiger partial charge in [0.15, 0.2) is 8.32 Å². The molecule has 0 unspecified atom stereocenters. The molecule has 1 rings (SSSR count). The Labute approximate surface area is 99.1 Å². The molecule has 1 fully saturated rings. The molecule has 0 aromatic heterocycles. The number of nitrogens with one attached hydrogen (secondary N) is 1. The van der Waals surface area contributed by atoms with Crippen molar-refractivity contribution in [1.82, 2.24) is 5.32 Å². The minimum Gasteiger partial charge on any atom is -0.412 e. The van der Waals surface area contributed by atoms with Crippen LogP contribution in [0.2, 0.25) is 18.1 Å². The molecule has 1 saturated heterocycles. The van der Waals surface area contributed by atoms with Gasteiger partial charge >= 0.3 is 0 Å². The van der Waals surface area contributed by atoms with Crippen LogP contribution >= 0.6 is 0 Å². The number of nitrogens with two attached hydrogens (primary N) is 1. The molecule has 0 radical (unpaired) electrons. The molecular weight excluding hydrogens is 220 g/mol. The van der Waals surface area contributed by atoms with Gasteiger partial charge in [0, 0.05) is 6.54 Å². The summed E-state index contributed by atoms with van der Waals surface area (Å²) in [6.45, 7) is 11.6. The Kier molecular flexibility index (Phi) is 3.82. The van der Waals surface area contributed by atoms with Crippen LogP contribution in [0.15, 0.2) is 0 Å². The van der Waals surface area contributed by atoms with Crippen molar-refractivity contribution >= 4 is 14.2 Å². The largest absolute Gasteiger partial charge is 0.412 e. The highest BCUT2D eigenvalue weighted by Crippen LogP contribution is 2.38. The Hall–Kier alpha value is -0.393. The smallest absolute Gasteiger partial charge is 0.239 e. The van der Waals surface area contributed by atoms with Crippen LogP contribution in [-0.2, 0) is 9.22 Å². The summed E-state index contributed by atoms with van der Waals surface area (Å²) in [5.41, 5.74) is 5.86. The zero-order valence-corrected chi connectivity index (χ0v) is 12.0. The van der Waals surface area contributed by atoms with Gasteiger partial charge in [0.1, 0.15) is 6.04 Å². The summed E-state index contributed by atoms with van der Waals surface area (Å²) >= 11 is 0. The molecule has 0 spiro atoms. The third-order valence-electron chi connectivity index (χ3n) is 3.68. The van der Waals surface area contributed by atoms with Crippen LogP contribution in [0.3, 0.4) is 0 Å². The SMILES string of the molecule is CC(C)(C)[Si](C)(C)O[C@H]1CCNC(=O)[C@H]1N. The van der Waals surface area contributed by atoms with Crippen molar-refractivity contribution in [2.45, 2.75) is 57.5 Å². The number of piperidine rings is 1. The molecule has 0 aliphatic carbocycles. The number of hydrogen-bond donors (Lipinski definition) is 2. The molecule has 1 heterocycles. The van der Waals surface area contributed by atoms with Gasteiger partial charge in [-0.3, -0.25) is 4.79 Å². The van der Waals surface area contributed by atoms with Crippen molar-refractivity contribution in [2.24, 2.45) is 5.73 Å². The third kappa shape index (κ3) is 2.84. The summed E-state index contributed by atoms with van der Waals surface area (Å²) in [5.74, 6) is -0.0880. The normalized spacial score (nSPS) is 27.8. The minimum absolute atomic E-state index is 0.0880. The Morgan fingerprint density at radius 3 is 2.50 bits per heavy atom. The second-order valence-corrected chi connectivity index (χ2v) is 10.8. The Balaban J connectivity index is 2.70. The second-order valence-electron chi connectivity index (χ2n) is 6.02. The fourth-order valence-corrected chi connectivity index (χ4v) is 2.87. The maximum absolute atomic E-state index is 11.4. The standard InChI is InChI=1S/C11H24N2O2Si/c1-11(2,3)16(4,5)15-8-6-7-13-10(14)9(8)12/h8-9H,6-7,12H2,1-5H3,(H,13,14)/t8-,9-/m0/s1. The first-order valence-corrected chi connectivity index (χ1v) is 8.77. The maximum atomic E-state index is 11.4. The van der Waals surface area contributed by atoms with E-state index in [-0.39, 0.29) is 17.0 Å². The molecule has 16 heavy (non-hydrogen) atoms. The van der Waals surface area contributed by atoms with E-state index in [4.69, 9.17) is 10.2 Å². The highest BCUT2D eigenvalue weighted by Gasteiger charge is 2.42. The zero-order chi connectivity index (χ0) is 12.6. The summed E-state index contributed by atoms with van der Waals surface area (Å²) in [5, 5.41) is 2.91. The van der Waals surface area contributed by atoms with Crippen molar-refractivity contribution in [1.29, 1.82) is 0 Å². The lowest BCUT2D eigenvalue weighted by atomic mass is 10.0. The predicted molar refractivity (Wildman–Crippen MR) is 67.7 cm³/mol. The van der Waals surface area contributed by atoms with E-state index in [1.807, 2.05) is 0 Å². The van der Waals surface area contributed by atoms with E-state index in [2.05, 4.69) is 39.2 Å². The maximum Gasteiger partial charge on any atom is 0.239 e. The van der Waals surface area contributed by atoms with Crippen LogP contribution in [0.5, 0.6) is 0 Å². The molecule has 0 aromatic carbocycles. The number of rotatable bonds is 2. The summed E-state index contributed by atoms with van der Waals surface area (Å²) < 4.78 is 6.18. The van der Waals surface area contributed by atoms with E-state index in [1.165, 1.54) is 0 Å². The highest BCUT2D eigenvalue weighted by molar-refractivity contribution is 6.74. The molecule has 5 heteroatoms. The molecule has 4 nitrogen and oxygen atoms in total. The quantitative estimate of drug-likeness (QED) is 0.718. The molecule has 1 aliphatic rings. The van der Waals surface area contributed by atoms with Crippen molar-refractivity contribution in [3.8, 4) is 0 Å². The molecule has 0 aromatic rings. The Bertz CT molecular complexity index is 274. The molecule has 94 valence electrons. The van der Waals surface area contributed by atoms with E-state index in [9.17, 15) is 4.79 Å². The molecule has 2 atom stereocenters. The molecule has 0 bridgehead atoms. The first-order chi connectivity index (χ1) is 7.15. The van der Waals surface area contributed by atoms with E-state index in [0.717, 1.165) is 6.42 Å². The van der Waals surface area contributed by atoms with Gasteiger partial charge in [-0.25, -0.2) is 0 Å². The second kappa shape index (κ2) is 4.47. The number of amides is 1. The fraction of sp³-hybridized carbons (Fsp3) is 0.909. The average Bonchev–Trinajstić information content (AvgIpc) is 2.11. The van der Waals surface area contributed by atoms with Crippen LogP contribution in [-0.4, -0.2) is 32.9 Å². The summed E-state index contributed by atoms with van der Waals surface area (Å²) in [4.78, 5) is 11.4. The van der Waals surface area contributed by atoms with Gasteiger partial charge in [-0.2, -0.15) is 0 Å². The summed E-state index contributed by atoms with van der Waals surface area (Å²) in [7, 11) is -1.82. The van der Waals surface area contributed by atoms with Crippen LogP contribution < -0.4 is 11.1 Å². The highest BCUT2D eigenvalue weighted by atomic mass is 28.4. The number of hydrogen-bond acceptors (Lipinski definition) is 3. The van der Waals surface area contributed by atoms with Crippen LogP contribution in [0, 0.1) is 0 Å². The lowest BCUT2D eigenvalue weighted by molar-refractivity contribution is -0.126. The zero-order valence-electron chi connectivity index (χ0n) is 11.0. The Morgan fingerprint density at radius 2 is 2.00 bits per heavy atom. The van der Waals surface area contributed by atoms with Gasteiger partial charge in [0.25, 0.3) is 0 Å². The van der Waals surface area contributed by atoms with Crippen LogP contribution in [0.4, 0.5) is 0 Å². The van der Waals surface area contributed by atoms with E-state index < -0.39 is 14.4 Å². The number of carbonyl (C=O) groups excluding carboxylic acids is 1. The van der Waals surface area contributed by atoms with Crippen molar-refractivity contribution < 1.29 is 9.22 Å². The Morgan fingerprint density at radius 1 is 1.44 bits per heavy atom. The topological polar surface area (TPSA) is 64.3 Å². The van der Waals surface area contributed by atoms with E-state index in [1.54, 1.807) is 0 Å². The molecule has 3 N–H and O–H groups in total. The summed E-state index contributed by atoms with van der Waals surface area (Å²) in [6, 6.07) is -0.511. The average molecular weight is 244 g/mol. The first-order valence-electron chi connectivity index (χ1n) is 5.86. The van der Waals surface area contributed by atoms with Gasteiger partial charge in [-0.15, -0.1) is 0 Å². The van der Waals surface area contributed by atoms with Crippen molar-refractivity contribution in [3.05, 3.63) is 0 Å². The van der Waals surface area contributed by atoms with Gasteiger partial charge in [0.05, 0.1) is 6.10 Å². The lowest BCUT2D eigenvalue weighted by Gasteiger charge is -2.41. The molecule has 0 saturated carbocycles. The monoisotopic (exact) mass is 244 g/mol. The van der Waals surface area contributed by atoms with Crippen LogP contribution in [0.25, 0.3) is 0 Å². The van der Waals surface area contributed by atoms with E-state index >= 15 is 0 Å². The fourth-order valence-electron chi connectivity index (χ4n) is 1.49. The number of carbonyl (C=O) groups is 1. The van der Waals surface area contributed by atoms with Gasteiger partial charge in [-0.05, 0) is 24.6 Å². The van der Waals surface area contributed by atoms with Crippen LogP contribution in [0.1, 0.15) is 27.2 Å². The van der Waals surface area contributed by atoms with Gasteiger partial charge in [0.2, 0.25) is 5.91 Å². The van der Waals surface area contributed by atoms with E-state index in [0.29, 0.717) is 6.54 Å². The minimum atomic E-state index is -1.82. The predicted octanol–water partition coefficient (Wildman–Crippen LogP) is 1.22.